The molecule has 3 rings (SSSR count). The molecule has 4 heteroatoms. The minimum atomic E-state index is -0.213. The van der Waals surface area contributed by atoms with E-state index in [0.717, 1.165) is 22.6 Å². The molecule has 0 aliphatic carbocycles. The number of benzene rings is 2. The highest BCUT2D eigenvalue weighted by atomic mass is 19.1. The Kier molecular flexibility index (Phi) is 3.33. The third-order valence-electron chi connectivity index (χ3n) is 3.04. The van der Waals surface area contributed by atoms with Gasteiger partial charge in [0.15, 0.2) is 11.5 Å². The maximum Gasteiger partial charge on any atom is 0.231 e. The molecule has 3 nitrogen and oxygen atoms in total. The number of hydrogen-bond donors (Lipinski definition) is 1. The van der Waals surface area contributed by atoms with Crippen LogP contribution in [0, 0.1) is 5.82 Å². The molecule has 98 valence electrons. The van der Waals surface area contributed by atoms with Crippen LogP contribution in [0.2, 0.25) is 0 Å². The van der Waals surface area contributed by atoms with Gasteiger partial charge in [-0.3, -0.25) is 0 Å². The minimum Gasteiger partial charge on any atom is -0.454 e. The van der Waals surface area contributed by atoms with Crippen molar-refractivity contribution in [3.8, 4) is 11.5 Å². The van der Waals surface area contributed by atoms with Crippen molar-refractivity contribution in [3.63, 3.8) is 0 Å². The van der Waals surface area contributed by atoms with Crippen molar-refractivity contribution in [3.05, 3.63) is 59.4 Å². The van der Waals surface area contributed by atoms with Gasteiger partial charge in [0.25, 0.3) is 0 Å². The first-order valence-corrected chi connectivity index (χ1v) is 6.15. The van der Waals surface area contributed by atoms with Crippen LogP contribution in [-0.4, -0.2) is 6.79 Å². The molecule has 19 heavy (non-hydrogen) atoms. The molecule has 0 amide bonds. The molecule has 0 fully saturated rings. The number of ether oxygens (including phenoxy) is 2. The van der Waals surface area contributed by atoms with Gasteiger partial charge in [0.2, 0.25) is 6.79 Å². The molecule has 1 aliphatic rings. The largest absolute Gasteiger partial charge is 0.454 e. The summed E-state index contributed by atoms with van der Waals surface area (Å²) in [7, 11) is 0. The number of nitrogens with one attached hydrogen (secondary N) is 1. The van der Waals surface area contributed by atoms with Crippen molar-refractivity contribution >= 4 is 0 Å². The van der Waals surface area contributed by atoms with E-state index in [2.05, 4.69) is 5.32 Å². The Bertz CT molecular complexity index is 569. The first kappa shape index (κ1) is 12.0. The van der Waals surface area contributed by atoms with E-state index < -0.39 is 0 Å². The molecule has 2 aromatic carbocycles. The summed E-state index contributed by atoms with van der Waals surface area (Å²) in [6, 6.07) is 12.3. The smallest absolute Gasteiger partial charge is 0.231 e. The summed E-state index contributed by atoms with van der Waals surface area (Å²) in [5.41, 5.74) is 2.11. The Morgan fingerprint density at radius 3 is 2.68 bits per heavy atom. The standard InChI is InChI=1S/C15H14FNO2/c16-13-6-4-11(5-7-13)8-17-9-12-2-1-3-14-15(12)19-10-18-14/h1-7,17H,8-10H2. The third kappa shape index (κ3) is 2.69. The van der Waals surface area contributed by atoms with Gasteiger partial charge in [0.05, 0.1) is 0 Å². The van der Waals surface area contributed by atoms with Gasteiger partial charge in [-0.2, -0.15) is 0 Å². The van der Waals surface area contributed by atoms with E-state index in [9.17, 15) is 4.39 Å². The molecular weight excluding hydrogens is 245 g/mol. The summed E-state index contributed by atoms with van der Waals surface area (Å²) in [5, 5.41) is 3.31. The summed E-state index contributed by atoms with van der Waals surface area (Å²) >= 11 is 0. The van der Waals surface area contributed by atoms with Crippen LogP contribution < -0.4 is 14.8 Å². The minimum absolute atomic E-state index is 0.213. The van der Waals surface area contributed by atoms with E-state index in [1.54, 1.807) is 12.1 Å². The fourth-order valence-corrected chi connectivity index (χ4v) is 2.07. The van der Waals surface area contributed by atoms with Gasteiger partial charge in [0, 0.05) is 18.7 Å². The molecule has 0 radical (unpaired) electrons. The molecule has 0 saturated carbocycles. The molecule has 0 bridgehead atoms. The molecule has 1 N–H and O–H groups in total. The Balaban J connectivity index is 1.61. The predicted octanol–water partition coefficient (Wildman–Crippen LogP) is 2.84. The number of hydrogen-bond acceptors (Lipinski definition) is 3. The highest BCUT2D eigenvalue weighted by molar-refractivity contribution is 5.48. The second kappa shape index (κ2) is 5.28. The monoisotopic (exact) mass is 259 g/mol. The van der Waals surface area contributed by atoms with E-state index in [4.69, 9.17) is 9.47 Å². The Morgan fingerprint density at radius 1 is 1.00 bits per heavy atom. The molecule has 0 saturated heterocycles. The van der Waals surface area contributed by atoms with Crippen LogP contribution in [0.25, 0.3) is 0 Å². The van der Waals surface area contributed by atoms with E-state index in [1.165, 1.54) is 12.1 Å². The highest BCUT2D eigenvalue weighted by Crippen LogP contribution is 2.35. The van der Waals surface area contributed by atoms with Gasteiger partial charge < -0.3 is 14.8 Å². The third-order valence-corrected chi connectivity index (χ3v) is 3.04. The summed E-state index contributed by atoms with van der Waals surface area (Å²) in [6.45, 7) is 1.65. The lowest BCUT2D eigenvalue weighted by atomic mass is 10.1. The Labute approximate surface area is 111 Å². The number of fused-ring (bicyclic) bond motifs is 1. The number of rotatable bonds is 4. The van der Waals surface area contributed by atoms with E-state index >= 15 is 0 Å². The van der Waals surface area contributed by atoms with Crippen LogP contribution in [-0.2, 0) is 13.1 Å². The molecule has 1 heterocycles. The fraction of sp³-hybridized carbons (Fsp3) is 0.200. The van der Waals surface area contributed by atoms with Crippen molar-refractivity contribution in [2.45, 2.75) is 13.1 Å². The molecule has 2 aromatic rings. The maximum absolute atomic E-state index is 12.8. The summed E-state index contributed by atoms with van der Waals surface area (Å²) in [5.74, 6) is 1.39. The lowest BCUT2D eigenvalue weighted by Gasteiger charge is -2.07. The SMILES string of the molecule is Fc1ccc(CNCc2cccc3c2OCO3)cc1. The average molecular weight is 259 g/mol. The van der Waals surface area contributed by atoms with Crippen LogP contribution in [0.4, 0.5) is 4.39 Å². The lowest BCUT2D eigenvalue weighted by molar-refractivity contribution is 0.173. The topological polar surface area (TPSA) is 30.5 Å². The second-order valence-electron chi connectivity index (χ2n) is 4.38. The van der Waals surface area contributed by atoms with Crippen molar-refractivity contribution in [2.24, 2.45) is 0 Å². The van der Waals surface area contributed by atoms with Crippen molar-refractivity contribution in [1.82, 2.24) is 5.32 Å². The summed E-state index contributed by atoms with van der Waals surface area (Å²) < 4.78 is 23.5. The summed E-state index contributed by atoms with van der Waals surface area (Å²) in [4.78, 5) is 0. The van der Waals surface area contributed by atoms with E-state index in [0.29, 0.717) is 13.1 Å². The Morgan fingerprint density at radius 2 is 1.84 bits per heavy atom. The molecule has 0 atom stereocenters. The normalized spacial score (nSPS) is 12.7. The van der Waals surface area contributed by atoms with E-state index in [1.807, 2.05) is 18.2 Å². The lowest BCUT2D eigenvalue weighted by Crippen LogP contribution is -2.13. The molecule has 0 spiro atoms. The molecular formula is C15H14FNO2. The first-order valence-electron chi connectivity index (χ1n) is 6.15. The van der Waals surface area contributed by atoms with Crippen molar-refractivity contribution in [2.75, 3.05) is 6.79 Å². The van der Waals surface area contributed by atoms with Crippen LogP contribution >= 0.6 is 0 Å². The maximum atomic E-state index is 12.8. The van der Waals surface area contributed by atoms with Crippen LogP contribution in [0.5, 0.6) is 11.5 Å². The number of para-hydroxylation sites is 1. The molecule has 0 unspecified atom stereocenters. The van der Waals surface area contributed by atoms with Gasteiger partial charge in [-0.1, -0.05) is 24.3 Å². The van der Waals surface area contributed by atoms with E-state index in [-0.39, 0.29) is 12.6 Å². The zero-order valence-electron chi connectivity index (χ0n) is 10.4. The zero-order chi connectivity index (χ0) is 13.1. The highest BCUT2D eigenvalue weighted by Gasteiger charge is 2.16. The summed E-state index contributed by atoms with van der Waals surface area (Å²) in [6.07, 6.45) is 0. The van der Waals surface area contributed by atoms with Gasteiger partial charge in [0.1, 0.15) is 5.82 Å². The van der Waals surface area contributed by atoms with Gasteiger partial charge in [-0.05, 0) is 23.8 Å². The number of halogens is 1. The fourth-order valence-electron chi connectivity index (χ4n) is 2.07. The second-order valence-corrected chi connectivity index (χ2v) is 4.38. The Hall–Kier alpha value is -2.07. The quantitative estimate of drug-likeness (QED) is 0.915. The predicted molar refractivity (Wildman–Crippen MR) is 69.5 cm³/mol. The zero-order valence-corrected chi connectivity index (χ0v) is 10.4. The first-order chi connectivity index (χ1) is 9.33. The van der Waals surface area contributed by atoms with Crippen molar-refractivity contribution in [1.29, 1.82) is 0 Å². The molecule has 0 aromatic heterocycles. The average Bonchev–Trinajstić information content (AvgIpc) is 2.90. The molecule has 1 aliphatic heterocycles. The van der Waals surface area contributed by atoms with Crippen LogP contribution in [0.3, 0.4) is 0 Å². The van der Waals surface area contributed by atoms with Gasteiger partial charge in [-0.15, -0.1) is 0 Å². The van der Waals surface area contributed by atoms with Crippen LogP contribution in [0.15, 0.2) is 42.5 Å². The van der Waals surface area contributed by atoms with Gasteiger partial charge in [-0.25, -0.2) is 4.39 Å². The van der Waals surface area contributed by atoms with Gasteiger partial charge >= 0.3 is 0 Å². The van der Waals surface area contributed by atoms with Crippen LogP contribution in [0.1, 0.15) is 11.1 Å². The van der Waals surface area contributed by atoms with Crippen molar-refractivity contribution < 1.29 is 13.9 Å².